The number of likely N-dealkylation sites (tertiary alicyclic amines) is 1. The van der Waals surface area contributed by atoms with Crippen LogP contribution in [-0.2, 0) is 0 Å². The number of halogens is 4. The summed E-state index contributed by atoms with van der Waals surface area (Å²) in [6, 6.07) is 1.97. The molecule has 2 aromatic heterocycles. The van der Waals surface area contributed by atoms with Gasteiger partial charge in [-0.15, -0.1) is 0 Å². The molecule has 2 aliphatic heterocycles. The summed E-state index contributed by atoms with van der Waals surface area (Å²) in [5, 5.41) is 3.65. The summed E-state index contributed by atoms with van der Waals surface area (Å²) < 4.78 is 43.8. The SMILES string of the molecule is Cc1cn2nc(C3CCCCN3C(=O)c3cc(F)c(F)c(Cl)c3F)cc2nc1N1CCC(C)C1. The molecule has 0 aliphatic carbocycles. The number of nitrogens with zero attached hydrogens (tertiary/aromatic N) is 5. The predicted octanol–water partition coefficient (Wildman–Crippen LogP) is 5.32. The number of fused-ring (bicyclic) bond motifs is 1. The zero-order chi connectivity index (χ0) is 24.1. The molecule has 0 N–H and O–H groups in total. The molecule has 10 heteroatoms. The van der Waals surface area contributed by atoms with Crippen LogP contribution in [0.4, 0.5) is 19.0 Å². The zero-order valence-electron chi connectivity index (χ0n) is 19.0. The van der Waals surface area contributed by atoms with Gasteiger partial charge in [0.2, 0.25) is 0 Å². The second kappa shape index (κ2) is 8.76. The number of rotatable bonds is 3. The molecule has 4 heterocycles. The van der Waals surface area contributed by atoms with Crippen molar-refractivity contribution >= 4 is 29.0 Å². The molecule has 0 spiro atoms. The highest BCUT2D eigenvalue weighted by Crippen LogP contribution is 2.34. The average molecular weight is 492 g/mol. The Bertz CT molecular complexity index is 1280. The number of hydrogen-bond acceptors (Lipinski definition) is 4. The quantitative estimate of drug-likeness (QED) is 0.367. The van der Waals surface area contributed by atoms with Crippen LogP contribution in [0, 0.1) is 30.3 Å². The van der Waals surface area contributed by atoms with Gasteiger partial charge in [-0.25, -0.2) is 22.7 Å². The number of carbonyl (C=O) groups excluding carboxylic acids is 1. The molecule has 2 saturated heterocycles. The Morgan fingerprint density at radius 1 is 1.12 bits per heavy atom. The molecule has 180 valence electrons. The van der Waals surface area contributed by atoms with Gasteiger partial charge < -0.3 is 9.80 Å². The van der Waals surface area contributed by atoms with E-state index < -0.39 is 40.0 Å². The fraction of sp³-hybridized carbons (Fsp3) is 0.458. The van der Waals surface area contributed by atoms with Crippen molar-refractivity contribution in [1.82, 2.24) is 19.5 Å². The third-order valence-corrected chi connectivity index (χ3v) is 7.12. The molecule has 1 amide bonds. The predicted molar refractivity (Wildman–Crippen MR) is 123 cm³/mol. The molecule has 1 aromatic carbocycles. The summed E-state index contributed by atoms with van der Waals surface area (Å²) in [7, 11) is 0. The number of benzene rings is 1. The van der Waals surface area contributed by atoms with Gasteiger partial charge in [0, 0.05) is 37.5 Å². The summed E-state index contributed by atoms with van der Waals surface area (Å²) in [5.74, 6) is -3.32. The highest BCUT2D eigenvalue weighted by Gasteiger charge is 2.34. The van der Waals surface area contributed by atoms with E-state index in [1.807, 2.05) is 19.2 Å². The fourth-order valence-corrected chi connectivity index (χ4v) is 5.19. The lowest BCUT2D eigenvalue weighted by atomic mass is 9.98. The summed E-state index contributed by atoms with van der Waals surface area (Å²) in [4.78, 5) is 21.8. The first-order valence-electron chi connectivity index (χ1n) is 11.5. The normalized spacial score (nSPS) is 21.0. The maximum atomic E-state index is 14.6. The molecule has 0 radical (unpaired) electrons. The maximum Gasteiger partial charge on any atom is 0.257 e. The summed E-state index contributed by atoms with van der Waals surface area (Å²) in [6.07, 6.45) is 5.23. The number of aryl methyl sites for hydroxylation is 1. The van der Waals surface area contributed by atoms with E-state index in [0.717, 1.165) is 37.3 Å². The second-order valence-corrected chi connectivity index (χ2v) is 9.70. The van der Waals surface area contributed by atoms with Crippen molar-refractivity contribution in [3.05, 3.63) is 57.6 Å². The molecule has 2 atom stereocenters. The Morgan fingerprint density at radius 2 is 1.91 bits per heavy atom. The minimum absolute atomic E-state index is 0.344. The summed E-state index contributed by atoms with van der Waals surface area (Å²) in [5.41, 5.74) is 1.71. The number of carbonyl (C=O) groups is 1. The van der Waals surface area contributed by atoms with Gasteiger partial charge in [0.05, 0.1) is 17.3 Å². The zero-order valence-corrected chi connectivity index (χ0v) is 19.7. The number of amides is 1. The van der Waals surface area contributed by atoms with E-state index in [1.54, 1.807) is 4.52 Å². The smallest absolute Gasteiger partial charge is 0.257 e. The molecule has 2 unspecified atom stereocenters. The molecule has 2 aliphatic rings. The van der Waals surface area contributed by atoms with Crippen LogP contribution < -0.4 is 4.90 Å². The summed E-state index contributed by atoms with van der Waals surface area (Å²) in [6.45, 7) is 6.48. The molecule has 3 aromatic rings. The van der Waals surface area contributed by atoms with Crippen LogP contribution >= 0.6 is 11.6 Å². The van der Waals surface area contributed by atoms with Crippen molar-refractivity contribution in [1.29, 1.82) is 0 Å². The number of aromatic nitrogens is 3. The third kappa shape index (κ3) is 3.89. The second-order valence-electron chi connectivity index (χ2n) is 9.32. The van der Waals surface area contributed by atoms with Crippen LogP contribution in [0.3, 0.4) is 0 Å². The first-order chi connectivity index (χ1) is 16.2. The van der Waals surface area contributed by atoms with Gasteiger partial charge in [0.15, 0.2) is 23.1 Å². The highest BCUT2D eigenvalue weighted by molar-refractivity contribution is 6.31. The van der Waals surface area contributed by atoms with Crippen molar-refractivity contribution in [2.75, 3.05) is 24.5 Å². The molecule has 6 nitrogen and oxygen atoms in total. The highest BCUT2D eigenvalue weighted by atomic mass is 35.5. The minimum atomic E-state index is -1.50. The van der Waals surface area contributed by atoms with Crippen LogP contribution in [0.1, 0.15) is 60.3 Å². The third-order valence-electron chi connectivity index (χ3n) is 6.79. The lowest BCUT2D eigenvalue weighted by Gasteiger charge is -2.35. The molecule has 2 fully saturated rings. The first kappa shape index (κ1) is 23.0. The van der Waals surface area contributed by atoms with Crippen LogP contribution in [0.15, 0.2) is 18.3 Å². The molecular formula is C24H25ClF3N5O. The van der Waals surface area contributed by atoms with E-state index in [1.165, 1.54) is 4.90 Å². The minimum Gasteiger partial charge on any atom is -0.356 e. The number of piperidine rings is 1. The van der Waals surface area contributed by atoms with E-state index in [9.17, 15) is 18.0 Å². The van der Waals surface area contributed by atoms with Crippen LogP contribution in [0.5, 0.6) is 0 Å². The Kier molecular flexibility index (Phi) is 5.91. The van der Waals surface area contributed by atoms with Crippen molar-refractivity contribution in [3.8, 4) is 0 Å². The van der Waals surface area contributed by atoms with Gasteiger partial charge in [-0.1, -0.05) is 18.5 Å². The standard InChI is InChI=1S/C24H25ClF3N5O/c1-13-6-8-31(11-13)23-14(2)12-33-19(29-23)10-17(30-33)18-5-3-4-7-32(18)24(34)15-9-16(26)22(28)20(25)21(15)27/h9-10,12-13,18H,3-8,11H2,1-2H3. The van der Waals surface area contributed by atoms with Gasteiger partial charge in [-0.05, 0) is 44.6 Å². The van der Waals surface area contributed by atoms with Crippen molar-refractivity contribution < 1.29 is 18.0 Å². The Labute approximate surface area is 200 Å². The largest absolute Gasteiger partial charge is 0.356 e. The van der Waals surface area contributed by atoms with Crippen LogP contribution in [0.2, 0.25) is 5.02 Å². The van der Waals surface area contributed by atoms with E-state index in [2.05, 4.69) is 16.9 Å². The van der Waals surface area contributed by atoms with Gasteiger partial charge in [0.1, 0.15) is 10.8 Å². The topological polar surface area (TPSA) is 53.7 Å². The van der Waals surface area contributed by atoms with Crippen molar-refractivity contribution in [2.45, 2.75) is 45.6 Å². The average Bonchev–Trinajstić information content (AvgIpc) is 3.44. The molecule has 34 heavy (non-hydrogen) atoms. The van der Waals surface area contributed by atoms with Gasteiger partial charge in [0.25, 0.3) is 5.91 Å². The van der Waals surface area contributed by atoms with E-state index >= 15 is 0 Å². The lowest BCUT2D eigenvalue weighted by Crippen LogP contribution is -2.39. The van der Waals surface area contributed by atoms with Crippen molar-refractivity contribution in [3.63, 3.8) is 0 Å². The Hall–Kier alpha value is -2.81. The van der Waals surface area contributed by atoms with Crippen LogP contribution in [0.25, 0.3) is 5.65 Å². The van der Waals surface area contributed by atoms with Gasteiger partial charge in [-0.2, -0.15) is 5.10 Å². The van der Waals surface area contributed by atoms with Gasteiger partial charge in [-0.3, -0.25) is 4.79 Å². The Balaban J connectivity index is 1.49. The number of anilines is 1. The molecular weight excluding hydrogens is 467 g/mol. The van der Waals surface area contributed by atoms with E-state index in [4.69, 9.17) is 16.6 Å². The van der Waals surface area contributed by atoms with Gasteiger partial charge >= 0.3 is 0 Å². The maximum absolute atomic E-state index is 14.6. The molecule has 5 rings (SSSR count). The van der Waals surface area contributed by atoms with Crippen molar-refractivity contribution in [2.24, 2.45) is 5.92 Å². The monoisotopic (exact) mass is 491 g/mol. The van der Waals surface area contributed by atoms with E-state index in [-0.39, 0.29) is 0 Å². The number of hydrogen-bond donors (Lipinski definition) is 0. The fourth-order valence-electron chi connectivity index (χ4n) is 4.99. The lowest BCUT2D eigenvalue weighted by molar-refractivity contribution is 0.0600. The molecule has 0 saturated carbocycles. The first-order valence-corrected chi connectivity index (χ1v) is 11.9. The molecule has 0 bridgehead atoms. The van der Waals surface area contributed by atoms with Crippen LogP contribution in [-0.4, -0.2) is 45.0 Å². The Morgan fingerprint density at radius 3 is 2.65 bits per heavy atom. The summed E-state index contributed by atoms with van der Waals surface area (Å²) >= 11 is 5.58. The van der Waals surface area contributed by atoms with E-state index in [0.29, 0.717) is 42.7 Å².